The maximum Gasteiger partial charge on any atom is 0.488 e. The number of anilines is 3. The van der Waals surface area contributed by atoms with Crippen molar-refractivity contribution in [2.24, 2.45) is 5.11 Å². The zero-order chi connectivity index (χ0) is 68.7. The van der Waals surface area contributed by atoms with Gasteiger partial charge < -0.3 is 75.0 Å². The number of carbonyl (C=O) groups excluding carboxylic acids is 3. The molecular formula is C63H76N12O19P3+. The number of nitrogens with zero attached hydrogens (tertiary/aromatic N) is 8. The number of nitrogen functional groups attached to an aromatic ring is 1. The molecule has 0 radical (unpaired) electrons. The Labute approximate surface area is 558 Å². The summed E-state index contributed by atoms with van der Waals surface area (Å²) in [4.78, 5) is 96.7. The molecule has 6 aliphatic rings. The number of aryl methyl sites for hydroxylation is 1. The number of hydrogen-bond acceptors (Lipinski definition) is 21. The first-order chi connectivity index (χ1) is 46.6. The highest BCUT2D eigenvalue weighted by molar-refractivity contribution is 7.68. The Balaban J connectivity index is 0.670. The van der Waals surface area contributed by atoms with E-state index in [0.717, 1.165) is 106 Å². The summed E-state index contributed by atoms with van der Waals surface area (Å²) in [5.41, 5.74) is 24.9. The number of aromatic carboxylic acids is 1. The number of azide groups is 1. The highest BCUT2D eigenvalue weighted by atomic mass is 31.3. The molecule has 4 aromatic rings. The van der Waals surface area contributed by atoms with Crippen molar-refractivity contribution in [1.82, 2.24) is 25.9 Å². The quantitative estimate of drug-likeness (QED) is 0.00519. The Morgan fingerprint density at radius 3 is 2.46 bits per heavy atom. The molecule has 1 fully saturated rings. The van der Waals surface area contributed by atoms with Gasteiger partial charge in [-0.3, -0.25) is 23.5 Å². The van der Waals surface area contributed by atoms with E-state index in [2.05, 4.69) is 78.0 Å². The molecule has 0 saturated carbocycles. The number of carboxylic acids is 1. The second-order valence-electron chi connectivity index (χ2n) is 23.4. The van der Waals surface area contributed by atoms with Crippen molar-refractivity contribution in [3.05, 3.63) is 140 Å². The molecule has 31 nitrogen and oxygen atoms in total. The van der Waals surface area contributed by atoms with Crippen LogP contribution in [0.1, 0.15) is 111 Å². The third kappa shape index (κ3) is 19.5. The fourth-order valence-corrected chi connectivity index (χ4v) is 15.9. The number of aromatic nitrogens is 2. The van der Waals surface area contributed by atoms with E-state index in [4.69, 9.17) is 33.9 Å². The summed E-state index contributed by atoms with van der Waals surface area (Å²) in [6.45, 7) is 3.51. The molecule has 6 aliphatic heterocycles. The van der Waals surface area contributed by atoms with Gasteiger partial charge in [0.2, 0.25) is 5.91 Å². The molecule has 4 unspecified atom stereocenters. The van der Waals surface area contributed by atoms with Crippen LogP contribution in [-0.2, 0) is 58.7 Å². The molecule has 516 valence electrons. The lowest BCUT2D eigenvalue weighted by atomic mass is 9.81. The summed E-state index contributed by atoms with van der Waals surface area (Å²) < 4.78 is 80.5. The largest absolute Gasteiger partial charge is 0.491 e. The fourth-order valence-electron chi connectivity index (χ4n) is 12.4. The number of nitrogens with one attached hydrogen (secondary N) is 3. The van der Waals surface area contributed by atoms with Crippen LogP contribution in [0.2, 0.25) is 0 Å². The minimum atomic E-state index is -5.46. The van der Waals surface area contributed by atoms with E-state index < -0.39 is 72.1 Å². The first-order valence-corrected chi connectivity index (χ1v) is 36.6. The first-order valence-electron chi connectivity index (χ1n) is 31.6. The van der Waals surface area contributed by atoms with Crippen LogP contribution in [0.3, 0.4) is 0 Å². The van der Waals surface area contributed by atoms with Gasteiger partial charge in [0, 0.05) is 114 Å². The number of ether oxygens (including phenoxy) is 5. The summed E-state index contributed by atoms with van der Waals surface area (Å²) in [6.07, 6.45) is 13.2. The topological polar surface area (TPSA) is 420 Å². The molecule has 0 bridgehead atoms. The third-order valence-corrected chi connectivity index (χ3v) is 20.6. The maximum atomic E-state index is 14.0. The Morgan fingerprint density at radius 2 is 1.69 bits per heavy atom. The number of phosphoric ester groups is 1. The number of fused-ring (bicyclic) bond motifs is 2. The normalized spacial score (nSPS) is 19.8. The summed E-state index contributed by atoms with van der Waals surface area (Å²) in [5.74, 6) is 4.48. The maximum absolute atomic E-state index is 14.0. The number of benzene rings is 3. The molecule has 1 saturated heterocycles. The van der Waals surface area contributed by atoms with E-state index in [1.54, 1.807) is 29.2 Å². The molecule has 7 heterocycles. The standard InChI is InChI=1S/C63H75N12O19P3/c1-95(81,82)93-97(85,86)94-96(83,84)91-37-47-18-20-57(92-47)75(54-35-53(64)69-40-70-54)28-5-2-4-21-66-55(76)38-87-29-30-88-56(71-72-65)39-89-46-14-7-11-43(32-46)61(77)67-22-23-68-62(78)44-17-19-48(63(79)80)50(34-44)58-45(31-41-12-8-25-73-24-6-3-16-52(41)73)36-90-60-49-15-10-27-74-26-9-13-42(59(49)74)33-51(58)60/h5,7,11,14,17,19,28,31-35,40,47,56-57H,3,6,8-10,12-13,15-16,18,20-27,29-30,36-39H2,1H3,(H8-,64,66,67,68,69,70,76,77,78,79,80,81,82,83,84,85,86)/p+1/b28-5+/t47-,56?,57+/m0/s1. The van der Waals surface area contributed by atoms with Gasteiger partial charge in [-0.05, 0) is 122 Å². The van der Waals surface area contributed by atoms with Crippen molar-refractivity contribution in [1.29, 1.82) is 0 Å². The van der Waals surface area contributed by atoms with Crippen LogP contribution in [0.4, 0.5) is 17.3 Å². The number of amides is 3. The smallest absolute Gasteiger partial charge is 0.488 e. The predicted octanol–water partition coefficient (Wildman–Crippen LogP) is 6.93. The van der Waals surface area contributed by atoms with Crippen LogP contribution in [0.25, 0.3) is 16.0 Å². The molecular weight excluding hydrogens is 1320 g/mol. The van der Waals surface area contributed by atoms with E-state index in [1.165, 1.54) is 71.0 Å². The van der Waals surface area contributed by atoms with Crippen molar-refractivity contribution < 1.29 is 94.1 Å². The summed E-state index contributed by atoms with van der Waals surface area (Å²) in [6, 6.07) is 14.6. The number of allylic oxidation sites excluding steroid dienone is 2. The van der Waals surface area contributed by atoms with Crippen LogP contribution in [0.5, 0.6) is 11.5 Å². The van der Waals surface area contributed by atoms with Crippen LogP contribution in [0, 0.1) is 11.8 Å². The van der Waals surface area contributed by atoms with Gasteiger partial charge in [-0.15, -0.1) is 0 Å². The predicted molar refractivity (Wildman–Crippen MR) is 353 cm³/mol. The van der Waals surface area contributed by atoms with Gasteiger partial charge in [0.15, 0.2) is 11.9 Å². The Kier molecular flexibility index (Phi) is 24.2. The van der Waals surface area contributed by atoms with Crippen LogP contribution < -0.4 is 41.0 Å². The molecule has 3 amide bonds. The lowest BCUT2D eigenvalue weighted by Crippen LogP contribution is -2.35. The van der Waals surface area contributed by atoms with E-state index >= 15 is 0 Å². The molecule has 0 aliphatic carbocycles. The van der Waals surface area contributed by atoms with Gasteiger partial charge in [-0.1, -0.05) is 23.0 Å². The minimum absolute atomic E-state index is 0.0498. The van der Waals surface area contributed by atoms with Gasteiger partial charge in [-0.2, -0.15) is 4.31 Å². The van der Waals surface area contributed by atoms with E-state index in [0.29, 0.717) is 24.5 Å². The zero-order valence-electron chi connectivity index (χ0n) is 53.1. The summed E-state index contributed by atoms with van der Waals surface area (Å²) >= 11 is 0. The molecule has 0 spiro atoms. The van der Waals surface area contributed by atoms with Gasteiger partial charge in [0.1, 0.15) is 68.6 Å². The molecule has 10 rings (SSSR count). The van der Waals surface area contributed by atoms with E-state index in [1.807, 2.05) is 0 Å². The summed E-state index contributed by atoms with van der Waals surface area (Å²) in [7, 11) is -15.3. The number of hydrogen-bond donors (Lipinski definition) is 8. The average Bonchev–Trinajstić information content (AvgIpc) is 1.54. The molecule has 9 N–H and O–H groups in total. The zero-order valence-corrected chi connectivity index (χ0v) is 55.8. The monoisotopic (exact) mass is 1400 g/mol. The summed E-state index contributed by atoms with van der Waals surface area (Å²) in [5, 5.41) is 22.7. The first kappa shape index (κ1) is 71.5. The number of nitrogens with two attached hydrogens (primary N) is 1. The minimum Gasteiger partial charge on any atom is -0.491 e. The van der Waals surface area contributed by atoms with Gasteiger partial charge in [-0.25, -0.2) is 32.8 Å². The van der Waals surface area contributed by atoms with E-state index in [-0.39, 0.29) is 87.3 Å². The van der Waals surface area contributed by atoms with Crippen LogP contribution >= 0.6 is 23.2 Å². The van der Waals surface area contributed by atoms with E-state index in [9.17, 15) is 58.2 Å². The highest BCUT2D eigenvalue weighted by Gasteiger charge is 2.41. The lowest BCUT2D eigenvalue weighted by molar-refractivity contribution is -0.535. The number of phosphoric acid groups is 2. The Bertz CT molecular complexity index is 4040. The van der Waals surface area contributed by atoms with Crippen molar-refractivity contribution >= 4 is 75.5 Å². The van der Waals surface area contributed by atoms with Gasteiger partial charge >= 0.3 is 29.2 Å². The lowest BCUT2D eigenvalue weighted by Gasteiger charge is -2.39. The molecule has 1 aromatic heterocycles. The Morgan fingerprint density at radius 1 is 0.907 bits per heavy atom. The number of carboxylic acid groups (broad SMARTS) is 1. The third-order valence-electron chi connectivity index (χ3n) is 16.4. The molecule has 3 aromatic carbocycles. The number of carbonyl (C=O) groups is 4. The number of rotatable bonds is 29. The Hall–Kier alpha value is -8.29. The van der Waals surface area contributed by atoms with Crippen LogP contribution in [0.15, 0.2) is 95.5 Å². The second kappa shape index (κ2) is 32.8. The molecule has 34 heteroatoms. The van der Waals surface area contributed by atoms with Gasteiger partial charge in [0.25, 0.3) is 11.8 Å². The second-order valence-corrected chi connectivity index (χ2v) is 28.4. The fraction of sp³-hybridized carbons (Fsp3) is 0.444. The van der Waals surface area contributed by atoms with Crippen molar-refractivity contribution in [3.63, 3.8) is 0 Å². The van der Waals surface area contributed by atoms with Crippen molar-refractivity contribution in [2.75, 3.05) is 108 Å². The van der Waals surface area contributed by atoms with Crippen molar-refractivity contribution in [3.8, 4) is 23.3 Å². The van der Waals surface area contributed by atoms with Crippen LogP contribution in [-0.4, -0.2) is 174 Å². The van der Waals surface area contributed by atoms with Gasteiger partial charge in [0.05, 0.1) is 38.0 Å². The molecule has 97 heavy (non-hydrogen) atoms. The highest BCUT2D eigenvalue weighted by Crippen LogP contribution is 2.66. The average molecular weight is 1400 g/mol. The SMILES string of the molecule is CP(=O)(O)OP(=O)(O)OP(=O)(O)OC[C@@H]1CC[C@H](N(/C=C/C#CCNC(=O)COCCOC(COc2cccc(C(=O)NCCNC(=O)c3ccc(C(=O)O)c(C4=C(/C=C5/CCC[N+]6=C5CCCC6)COc5c4cc4c6c5CCCN6CCC4)c3)c2)N=[N+]=[N-])c2cc(N)ncn2)O1. The molecule has 6 atom stereocenters. The van der Waals surface area contributed by atoms with Crippen molar-refractivity contribution in [2.45, 2.75) is 89.2 Å².